The average molecular weight is 240 g/mol. The number of hydrogen-bond donors (Lipinski definition) is 0. The van der Waals surface area contributed by atoms with E-state index >= 15 is 0 Å². The Labute approximate surface area is 109 Å². The van der Waals surface area contributed by atoms with Gasteiger partial charge in [-0.1, -0.05) is 12.1 Å². The van der Waals surface area contributed by atoms with Crippen molar-refractivity contribution in [3.8, 4) is 6.07 Å². The molecule has 94 valence electrons. The van der Waals surface area contributed by atoms with Gasteiger partial charge in [0.1, 0.15) is 0 Å². The summed E-state index contributed by atoms with van der Waals surface area (Å²) in [6, 6.07) is 11.3. The van der Waals surface area contributed by atoms with Crippen LogP contribution in [0, 0.1) is 11.3 Å². The van der Waals surface area contributed by atoms with Crippen LogP contribution >= 0.6 is 0 Å². The molecular weight excluding hydrogens is 220 g/mol. The van der Waals surface area contributed by atoms with Crippen molar-refractivity contribution in [2.75, 3.05) is 18.0 Å². The lowest BCUT2D eigenvalue weighted by atomic mass is 9.65. The molecule has 0 bridgehead atoms. The summed E-state index contributed by atoms with van der Waals surface area (Å²) in [6.07, 6.45) is 7.25. The van der Waals surface area contributed by atoms with Gasteiger partial charge in [-0.15, -0.1) is 0 Å². The number of nitriles is 1. The van der Waals surface area contributed by atoms with Gasteiger partial charge in [-0.25, -0.2) is 0 Å². The van der Waals surface area contributed by atoms with Gasteiger partial charge in [0.05, 0.1) is 11.5 Å². The van der Waals surface area contributed by atoms with Crippen molar-refractivity contribution in [3.05, 3.63) is 29.8 Å². The van der Waals surface area contributed by atoms with E-state index in [4.69, 9.17) is 0 Å². The minimum Gasteiger partial charge on any atom is -0.372 e. The van der Waals surface area contributed by atoms with Gasteiger partial charge in [-0.3, -0.25) is 0 Å². The van der Waals surface area contributed by atoms with Gasteiger partial charge >= 0.3 is 0 Å². The molecule has 0 radical (unpaired) electrons. The van der Waals surface area contributed by atoms with Crippen molar-refractivity contribution >= 4 is 5.69 Å². The highest BCUT2D eigenvalue weighted by Crippen LogP contribution is 2.43. The molecule has 1 aromatic rings. The smallest absolute Gasteiger partial charge is 0.0822 e. The molecule has 2 fully saturated rings. The Morgan fingerprint density at radius 1 is 0.944 bits per heavy atom. The molecule has 18 heavy (non-hydrogen) atoms. The predicted molar refractivity (Wildman–Crippen MR) is 73.6 cm³/mol. The molecule has 1 heterocycles. The third-order valence-corrected chi connectivity index (χ3v) is 4.56. The van der Waals surface area contributed by atoms with Crippen molar-refractivity contribution in [1.82, 2.24) is 0 Å². The maximum Gasteiger partial charge on any atom is 0.0822 e. The summed E-state index contributed by atoms with van der Waals surface area (Å²) in [5.74, 6) is 0. The maximum atomic E-state index is 9.35. The SMILES string of the molecule is N#CC1(c2ccc(N3CCCCC3)cc2)CCC1. The summed E-state index contributed by atoms with van der Waals surface area (Å²) in [4.78, 5) is 2.47. The van der Waals surface area contributed by atoms with Crippen LogP contribution in [-0.2, 0) is 5.41 Å². The first-order valence-electron chi connectivity index (χ1n) is 7.11. The van der Waals surface area contributed by atoms with Crippen LogP contribution in [-0.4, -0.2) is 13.1 Å². The molecule has 0 amide bonds. The van der Waals surface area contributed by atoms with Gasteiger partial charge in [-0.05, 0) is 56.2 Å². The van der Waals surface area contributed by atoms with E-state index in [1.807, 2.05) is 0 Å². The molecule has 2 heteroatoms. The fraction of sp³-hybridized carbons (Fsp3) is 0.562. The van der Waals surface area contributed by atoms with E-state index in [0.717, 1.165) is 12.8 Å². The zero-order valence-electron chi connectivity index (χ0n) is 10.9. The Hall–Kier alpha value is -1.49. The van der Waals surface area contributed by atoms with Crippen LogP contribution in [0.3, 0.4) is 0 Å². The van der Waals surface area contributed by atoms with Crippen molar-refractivity contribution in [2.24, 2.45) is 0 Å². The average Bonchev–Trinajstić information content (AvgIpc) is 2.40. The second kappa shape index (κ2) is 4.65. The minimum atomic E-state index is -0.166. The number of hydrogen-bond acceptors (Lipinski definition) is 2. The van der Waals surface area contributed by atoms with Gasteiger partial charge in [0.2, 0.25) is 0 Å². The summed E-state index contributed by atoms with van der Waals surface area (Å²) in [5.41, 5.74) is 2.38. The first-order valence-corrected chi connectivity index (χ1v) is 7.11. The van der Waals surface area contributed by atoms with Crippen molar-refractivity contribution in [2.45, 2.75) is 43.9 Å². The van der Waals surface area contributed by atoms with Crippen molar-refractivity contribution in [1.29, 1.82) is 5.26 Å². The number of anilines is 1. The number of benzene rings is 1. The van der Waals surface area contributed by atoms with Gasteiger partial charge in [0.25, 0.3) is 0 Å². The van der Waals surface area contributed by atoms with Crippen LogP contribution < -0.4 is 4.90 Å². The molecule has 0 spiro atoms. The van der Waals surface area contributed by atoms with Gasteiger partial charge in [0, 0.05) is 18.8 Å². The Balaban J connectivity index is 1.78. The van der Waals surface area contributed by atoms with E-state index in [1.54, 1.807) is 0 Å². The van der Waals surface area contributed by atoms with Crippen molar-refractivity contribution < 1.29 is 0 Å². The van der Waals surface area contributed by atoms with Crippen LogP contribution in [0.5, 0.6) is 0 Å². The highest BCUT2D eigenvalue weighted by Gasteiger charge is 2.38. The lowest BCUT2D eigenvalue weighted by Crippen LogP contribution is -2.32. The summed E-state index contributed by atoms with van der Waals surface area (Å²) in [6.45, 7) is 2.37. The Bertz CT molecular complexity index is 445. The molecular formula is C16H20N2. The highest BCUT2D eigenvalue weighted by atomic mass is 15.1. The number of nitrogens with zero attached hydrogens (tertiary/aromatic N) is 2. The standard InChI is InChI=1S/C16H20N2/c17-13-16(9-4-10-16)14-5-7-15(8-6-14)18-11-2-1-3-12-18/h5-8H,1-4,9-12H2. The van der Waals surface area contributed by atoms with Gasteiger partial charge < -0.3 is 4.90 Å². The molecule has 0 atom stereocenters. The Morgan fingerprint density at radius 3 is 2.11 bits per heavy atom. The number of rotatable bonds is 2. The van der Waals surface area contributed by atoms with Gasteiger partial charge in [-0.2, -0.15) is 5.26 Å². The Kier molecular flexibility index (Phi) is 2.99. The van der Waals surface area contributed by atoms with E-state index in [9.17, 15) is 5.26 Å². The summed E-state index contributed by atoms with van der Waals surface area (Å²) >= 11 is 0. The highest BCUT2D eigenvalue weighted by molar-refractivity contribution is 5.50. The maximum absolute atomic E-state index is 9.35. The largest absolute Gasteiger partial charge is 0.372 e. The van der Waals surface area contributed by atoms with E-state index in [-0.39, 0.29) is 5.41 Å². The molecule has 0 unspecified atom stereocenters. The quantitative estimate of drug-likeness (QED) is 0.789. The molecule has 1 saturated carbocycles. The summed E-state index contributed by atoms with van der Waals surface area (Å²) in [5, 5.41) is 9.35. The lowest BCUT2D eigenvalue weighted by Gasteiger charge is -2.36. The molecule has 1 aliphatic carbocycles. The van der Waals surface area contributed by atoms with Crippen molar-refractivity contribution in [3.63, 3.8) is 0 Å². The molecule has 0 aromatic heterocycles. The van der Waals surface area contributed by atoms with Crippen LogP contribution in [0.2, 0.25) is 0 Å². The second-order valence-electron chi connectivity index (χ2n) is 5.64. The molecule has 3 rings (SSSR count). The first-order chi connectivity index (χ1) is 8.84. The fourth-order valence-corrected chi connectivity index (χ4v) is 3.14. The monoisotopic (exact) mass is 240 g/mol. The van der Waals surface area contributed by atoms with Crippen LogP contribution in [0.15, 0.2) is 24.3 Å². The fourth-order valence-electron chi connectivity index (χ4n) is 3.14. The van der Waals surface area contributed by atoms with Gasteiger partial charge in [0.15, 0.2) is 0 Å². The molecule has 0 N–H and O–H groups in total. The topological polar surface area (TPSA) is 27.0 Å². The minimum absolute atomic E-state index is 0.166. The first kappa shape index (κ1) is 11.6. The second-order valence-corrected chi connectivity index (χ2v) is 5.64. The summed E-state index contributed by atoms with van der Waals surface area (Å²) < 4.78 is 0. The molecule has 2 nitrogen and oxygen atoms in total. The molecule has 1 saturated heterocycles. The Morgan fingerprint density at radius 2 is 1.61 bits per heavy atom. The lowest BCUT2D eigenvalue weighted by molar-refractivity contribution is 0.324. The normalized spacial score (nSPS) is 22.1. The third-order valence-electron chi connectivity index (χ3n) is 4.56. The van der Waals surface area contributed by atoms with Crippen LogP contribution in [0.4, 0.5) is 5.69 Å². The number of piperidine rings is 1. The van der Waals surface area contributed by atoms with E-state index in [2.05, 4.69) is 35.2 Å². The summed E-state index contributed by atoms with van der Waals surface area (Å²) in [7, 11) is 0. The van der Waals surface area contributed by atoms with E-state index < -0.39 is 0 Å². The zero-order valence-corrected chi connectivity index (χ0v) is 10.9. The van der Waals surface area contributed by atoms with Crippen LogP contribution in [0.25, 0.3) is 0 Å². The van der Waals surface area contributed by atoms with E-state index in [0.29, 0.717) is 0 Å². The predicted octanol–water partition coefficient (Wildman–Crippen LogP) is 3.62. The molecule has 1 aromatic carbocycles. The zero-order chi connectivity index (χ0) is 12.4. The molecule has 2 aliphatic rings. The third kappa shape index (κ3) is 1.88. The molecule has 1 aliphatic heterocycles. The van der Waals surface area contributed by atoms with E-state index in [1.165, 1.54) is 50.0 Å². The van der Waals surface area contributed by atoms with Crippen LogP contribution in [0.1, 0.15) is 44.1 Å².